The van der Waals surface area contributed by atoms with E-state index in [4.69, 9.17) is 41.4 Å². The third kappa shape index (κ3) is 2.91. The zero-order chi connectivity index (χ0) is 15.6. The molecule has 1 N–H and O–H groups in total. The fraction of sp³-hybridized carbons (Fsp3) is 0.0667. The fourth-order valence-corrected chi connectivity index (χ4v) is 2.53. The maximum Gasteiger partial charge on any atom is 0.226 e. The highest BCUT2D eigenvalue weighted by Gasteiger charge is 2.21. The van der Waals surface area contributed by atoms with Crippen molar-refractivity contribution in [3.63, 3.8) is 0 Å². The van der Waals surface area contributed by atoms with Crippen molar-refractivity contribution in [3.05, 3.63) is 61.9 Å². The molecule has 0 fully saturated rings. The Bertz CT molecular complexity index is 784. The number of hydrogen-bond acceptors (Lipinski definition) is 2. The molecule has 0 aromatic heterocycles. The minimum absolute atomic E-state index is 0.00323. The zero-order valence-electron chi connectivity index (χ0n) is 10.8. The van der Waals surface area contributed by atoms with E-state index in [-0.39, 0.29) is 26.3 Å². The van der Waals surface area contributed by atoms with E-state index in [1.165, 1.54) is 0 Å². The van der Waals surface area contributed by atoms with Crippen molar-refractivity contribution in [3.8, 4) is 6.07 Å². The molecule has 0 aliphatic carbocycles. The molecule has 0 unspecified atom stereocenters. The van der Waals surface area contributed by atoms with Crippen molar-refractivity contribution in [2.75, 3.05) is 5.32 Å². The van der Waals surface area contributed by atoms with Gasteiger partial charge < -0.3 is 5.32 Å². The highest BCUT2D eigenvalue weighted by molar-refractivity contribution is 6.48. The van der Waals surface area contributed by atoms with Gasteiger partial charge in [0.15, 0.2) is 0 Å². The van der Waals surface area contributed by atoms with Crippen molar-refractivity contribution in [1.29, 1.82) is 5.26 Å². The molecule has 104 valence electrons. The minimum Gasteiger partial charge on any atom is -0.353 e. The summed E-state index contributed by atoms with van der Waals surface area (Å²) in [6, 6.07) is 9.48. The number of aryl methyl sites for hydroxylation is 1. The highest BCUT2D eigenvalue weighted by Crippen LogP contribution is 2.46. The average Bonchev–Trinajstić information content (AvgIpc) is 2.47. The number of rotatable bonds is 2. The van der Waals surface area contributed by atoms with Crippen molar-refractivity contribution in [2.24, 2.45) is 0 Å². The molecule has 2 aromatic carbocycles. The smallest absolute Gasteiger partial charge is 0.226 e. The number of anilines is 2. The molecule has 0 aliphatic heterocycles. The summed E-state index contributed by atoms with van der Waals surface area (Å²) in [6.07, 6.45) is 0. The van der Waals surface area contributed by atoms with Gasteiger partial charge in [-0.15, -0.1) is 0 Å². The van der Waals surface area contributed by atoms with Crippen molar-refractivity contribution in [1.82, 2.24) is 0 Å². The van der Waals surface area contributed by atoms with Gasteiger partial charge in [0.25, 0.3) is 0 Å². The highest BCUT2D eigenvalue weighted by atomic mass is 35.5. The zero-order valence-corrected chi connectivity index (χ0v) is 13.1. The van der Waals surface area contributed by atoms with E-state index in [0.717, 1.165) is 11.3 Å². The molecular weight excluding hydrogens is 329 g/mol. The summed E-state index contributed by atoms with van der Waals surface area (Å²) >= 11 is 18.3. The third-order valence-corrected chi connectivity index (χ3v) is 4.05. The van der Waals surface area contributed by atoms with E-state index in [1.807, 2.05) is 37.3 Å². The first-order chi connectivity index (χ1) is 9.99. The summed E-state index contributed by atoms with van der Waals surface area (Å²) < 4.78 is 0. The van der Waals surface area contributed by atoms with Gasteiger partial charge >= 0.3 is 0 Å². The Hall–Kier alpha value is -1.91. The molecule has 0 radical (unpaired) electrons. The second kappa shape index (κ2) is 6.24. The van der Waals surface area contributed by atoms with Crippen molar-refractivity contribution >= 4 is 51.9 Å². The van der Waals surface area contributed by atoms with Gasteiger partial charge in [-0.1, -0.05) is 52.5 Å². The van der Waals surface area contributed by atoms with Gasteiger partial charge in [0, 0.05) is 5.69 Å². The largest absolute Gasteiger partial charge is 0.353 e. The maximum atomic E-state index is 9.28. The van der Waals surface area contributed by atoms with Crippen molar-refractivity contribution in [2.45, 2.75) is 6.92 Å². The molecule has 0 saturated heterocycles. The Morgan fingerprint density at radius 1 is 1.10 bits per heavy atom. The summed E-state index contributed by atoms with van der Waals surface area (Å²) in [5.41, 5.74) is 2.21. The van der Waals surface area contributed by atoms with Gasteiger partial charge in [0.2, 0.25) is 5.69 Å². The molecule has 6 heteroatoms. The quantitative estimate of drug-likeness (QED) is 0.530. The summed E-state index contributed by atoms with van der Waals surface area (Å²) in [4.78, 5) is 3.22. The van der Waals surface area contributed by atoms with Crippen LogP contribution >= 0.6 is 34.8 Å². The molecule has 0 aliphatic rings. The van der Waals surface area contributed by atoms with Crippen molar-refractivity contribution < 1.29 is 0 Å². The van der Waals surface area contributed by atoms with E-state index in [9.17, 15) is 5.26 Å². The van der Waals surface area contributed by atoms with Gasteiger partial charge in [-0.05, 0) is 19.1 Å². The molecule has 0 atom stereocenters. The number of benzene rings is 2. The number of hydrogen-bond donors (Lipinski definition) is 1. The van der Waals surface area contributed by atoms with Gasteiger partial charge in [-0.3, -0.25) is 0 Å². The van der Waals surface area contributed by atoms with Crippen LogP contribution in [0, 0.1) is 24.8 Å². The van der Waals surface area contributed by atoms with Crippen LogP contribution in [0.3, 0.4) is 0 Å². The Labute approximate surface area is 137 Å². The Morgan fingerprint density at radius 2 is 1.71 bits per heavy atom. The first-order valence-electron chi connectivity index (χ1n) is 5.81. The normalized spacial score (nSPS) is 9.81. The van der Waals surface area contributed by atoms with E-state index < -0.39 is 0 Å². The summed E-state index contributed by atoms with van der Waals surface area (Å²) in [5, 5.41) is 12.4. The lowest BCUT2D eigenvalue weighted by Gasteiger charge is -2.14. The molecule has 21 heavy (non-hydrogen) atoms. The number of nitrogens with zero attached hydrogens (tertiary/aromatic N) is 2. The molecule has 2 rings (SSSR count). The molecule has 3 nitrogen and oxygen atoms in total. The fourth-order valence-electron chi connectivity index (χ4n) is 1.75. The van der Waals surface area contributed by atoms with Crippen LogP contribution in [0.5, 0.6) is 0 Å². The van der Waals surface area contributed by atoms with Gasteiger partial charge in [-0.25, -0.2) is 4.85 Å². The van der Waals surface area contributed by atoms with Crippen LogP contribution in [0.2, 0.25) is 15.1 Å². The van der Waals surface area contributed by atoms with E-state index in [1.54, 1.807) is 0 Å². The monoisotopic (exact) mass is 335 g/mol. The lowest BCUT2D eigenvalue weighted by atomic mass is 10.1. The molecule has 0 bridgehead atoms. The number of nitrogens with one attached hydrogen (secondary N) is 1. The summed E-state index contributed by atoms with van der Waals surface area (Å²) in [6.45, 7) is 9.04. The third-order valence-electron chi connectivity index (χ3n) is 2.84. The second-order valence-electron chi connectivity index (χ2n) is 4.26. The standard InChI is InChI=1S/C15H8Cl3N3/c1-8-3-5-9(6-4-8)21-14-10(7-19)11(16)15(20-2)13(18)12(14)17/h3-6,21H,1H3. The van der Waals surface area contributed by atoms with E-state index >= 15 is 0 Å². The SMILES string of the molecule is [C-]#[N+]c1c(Cl)c(Cl)c(Nc2ccc(C)cc2)c(C#N)c1Cl. The Kier molecular flexibility index (Phi) is 4.60. The molecular formula is C15H8Cl3N3. The summed E-state index contributed by atoms with van der Waals surface area (Å²) in [7, 11) is 0. The maximum absolute atomic E-state index is 9.28. The lowest BCUT2D eigenvalue weighted by Crippen LogP contribution is -1.97. The van der Waals surface area contributed by atoms with Gasteiger partial charge in [0.1, 0.15) is 6.07 Å². The minimum atomic E-state index is -0.0191. The number of nitriles is 1. The molecule has 2 aromatic rings. The predicted molar refractivity (Wildman–Crippen MR) is 86.9 cm³/mol. The van der Waals surface area contributed by atoms with Crippen LogP contribution < -0.4 is 5.32 Å². The number of halogens is 3. The second-order valence-corrected chi connectivity index (χ2v) is 5.39. The van der Waals surface area contributed by atoms with Crippen LogP contribution in [0.25, 0.3) is 4.85 Å². The molecule has 0 saturated carbocycles. The first kappa shape index (κ1) is 15.5. The van der Waals surface area contributed by atoms with Crippen LogP contribution in [0.4, 0.5) is 17.1 Å². The van der Waals surface area contributed by atoms with Crippen LogP contribution in [0.1, 0.15) is 11.1 Å². The lowest BCUT2D eigenvalue weighted by molar-refractivity contribution is 1.44. The van der Waals surface area contributed by atoms with Crippen LogP contribution in [-0.2, 0) is 0 Å². The predicted octanol–water partition coefficient (Wildman–Crippen LogP) is 6.12. The topological polar surface area (TPSA) is 40.2 Å². The average molecular weight is 337 g/mol. The molecule has 0 heterocycles. The van der Waals surface area contributed by atoms with Crippen LogP contribution in [0.15, 0.2) is 24.3 Å². The van der Waals surface area contributed by atoms with Crippen LogP contribution in [-0.4, -0.2) is 0 Å². The van der Waals surface area contributed by atoms with Gasteiger partial charge in [0.05, 0.1) is 32.9 Å². The van der Waals surface area contributed by atoms with E-state index in [0.29, 0.717) is 5.69 Å². The molecule has 0 amide bonds. The Balaban J connectivity index is 2.61. The Morgan fingerprint density at radius 3 is 2.24 bits per heavy atom. The molecule has 0 spiro atoms. The first-order valence-corrected chi connectivity index (χ1v) is 6.94. The van der Waals surface area contributed by atoms with Gasteiger partial charge in [-0.2, -0.15) is 5.26 Å². The summed E-state index contributed by atoms with van der Waals surface area (Å²) in [5.74, 6) is 0. The van der Waals surface area contributed by atoms with E-state index in [2.05, 4.69) is 10.2 Å².